The Morgan fingerprint density at radius 1 is 1.17 bits per heavy atom. The van der Waals surface area contributed by atoms with E-state index in [0.717, 1.165) is 25.9 Å². The third-order valence-corrected chi connectivity index (χ3v) is 6.64. The highest BCUT2D eigenvalue weighted by atomic mass is 16.5. The molecule has 5 heteroatoms. The molecular weight excluding hydrogens is 294 g/mol. The minimum Gasteiger partial charge on any atom is -0.481 e. The first-order chi connectivity index (χ1) is 11.0. The Kier molecular flexibility index (Phi) is 4.68. The third-order valence-electron chi connectivity index (χ3n) is 6.64. The van der Waals surface area contributed by atoms with Crippen LogP contribution in [0, 0.1) is 17.3 Å². The van der Waals surface area contributed by atoms with Crippen LogP contribution >= 0.6 is 0 Å². The first-order valence-electron chi connectivity index (χ1n) is 9.10. The molecule has 0 heterocycles. The van der Waals surface area contributed by atoms with Crippen LogP contribution in [0.15, 0.2) is 0 Å². The van der Waals surface area contributed by atoms with Crippen LogP contribution in [-0.2, 0) is 14.3 Å². The SMILES string of the molecule is CCOC1CC(N(C)C(=O)C2CCC(C(=O)O)CC2)C12CCC2. The maximum atomic E-state index is 12.8. The maximum Gasteiger partial charge on any atom is 0.306 e. The number of carbonyl (C=O) groups is 2. The van der Waals surface area contributed by atoms with Crippen molar-refractivity contribution in [2.45, 2.75) is 70.4 Å². The molecule has 1 N–H and O–H groups in total. The van der Waals surface area contributed by atoms with E-state index in [9.17, 15) is 9.59 Å². The molecule has 0 aliphatic heterocycles. The lowest BCUT2D eigenvalue weighted by Gasteiger charge is -2.63. The molecule has 0 radical (unpaired) electrons. The van der Waals surface area contributed by atoms with Crippen molar-refractivity contribution < 1.29 is 19.4 Å². The second-order valence-electron chi connectivity index (χ2n) is 7.62. The number of ether oxygens (including phenoxy) is 1. The zero-order valence-corrected chi connectivity index (χ0v) is 14.3. The Labute approximate surface area is 138 Å². The molecule has 1 spiro atoms. The zero-order chi connectivity index (χ0) is 16.6. The van der Waals surface area contributed by atoms with Gasteiger partial charge >= 0.3 is 5.97 Å². The topological polar surface area (TPSA) is 66.8 Å². The largest absolute Gasteiger partial charge is 0.481 e. The van der Waals surface area contributed by atoms with Gasteiger partial charge in [-0.25, -0.2) is 0 Å². The van der Waals surface area contributed by atoms with Crippen LogP contribution in [0.1, 0.15) is 58.3 Å². The average Bonchev–Trinajstić information content (AvgIpc) is 2.48. The summed E-state index contributed by atoms with van der Waals surface area (Å²) in [5.74, 6) is -0.733. The molecule has 3 saturated carbocycles. The number of carboxylic acids is 1. The minimum absolute atomic E-state index is 0.0128. The van der Waals surface area contributed by atoms with Crippen molar-refractivity contribution in [1.82, 2.24) is 4.90 Å². The van der Waals surface area contributed by atoms with Gasteiger partial charge < -0.3 is 14.7 Å². The van der Waals surface area contributed by atoms with Gasteiger partial charge in [-0.1, -0.05) is 6.42 Å². The summed E-state index contributed by atoms with van der Waals surface area (Å²) in [6.45, 7) is 2.78. The quantitative estimate of drug-likeness (QED) is 0.845. The van der Waals surface area contributed by atoms with Crippen molar-refractivity contribution in [3.63, 3.8) is 0 Å². The van der Waals surface area contributed by atoms with Crippen LogP contribution in [0.5, 0.6) is 0 Å². The summed E-state index contributed by atoms with van der Waals surface area (Å²) in [6, 6.07) is 0.317. The van der Waals surface area contributed by atoms with Crippen LogP contribution in [0.2, 0.25) is 0 Å². The fourth-order valence-electron chi connectivity index (χ4n) is 4.97. The molecule has 1 amide bonds. The molecule has 2 unspecified atom stereocenters. The van der Waals surface area contributed by atoms with Crippen molar-refractivity contribution in [2.24, 2.45) is 17.3 Å². The number of hydrogen-bond acceptors (Lipinski definition) is 3. The Morgan fingerprint density at radius 2 is 1.78 bits per heavy atom. The first-order valence-corrected chi connectivity index (χ1v) is 9.10. The molecule has 23 heavy (non-hydrogen) atoms. The van der Waals surface area contributed by atoms with Gasteiger partial charge in [0.15, 0.2) is 0 Å². The molecular formula is C18H29NO4. The van der Waals surface area contributed by atoms with Crippen LogP contribution < -0.4 is 0 Å². The Balaban J connectivity index is 1.57. The zero-order valence-electron chi connectivity index (χ0n) is 14.3. The summed E-state index contributed by atoms with van der Waals surface area (Å²) in [5.41, 5.74) is 0.207. The highest BCUT2D eigenvalue weighted by molar-refractivity contribution is 5.80. The summed E-state index contributed by atoms with van der Waals surface area (Å²) >= 11 is 0. The van der Waals surface area contributed by atoms with Gasteiger partial charge in [0, 0.05) is 31.0 Å². The van der Waals surface area contributed by atoms with E-state index >= 15 is 0 Å². The first kappa shape index (κ1) is 16.7. The van der Waals surface area contributed by atoms with E-state index in [0.29, 0.717) is 25.0 Å². The van der Waals surface area contributed by atoms with Crippen molar-refractivity contribution in [3.05, 3.63) is 0 Å². The van der Waals surface area contributed by atoms with Crippen LogP contribution in [0.3, 0.4) is 0 Å². The Bertz CT molecular complexity index is 466. The van der Waals surface area contributed by atoms with E-state index in [1.807, 2.05) is 18.9 Å². The van der Waals surface area contributed by atoms with Gasteiger partial charge in [0.05, 0.1) is 12.0 Å². The standard InChI is InChI=1S/C18H29NO4/c1-3-23-15-11-14(18(15)9-4-10-18)19(2)16(20)12-5-7-13(8-6-12)17(21)22/h12-15H,3-11H2,1-2H3,(H,21,22). The number of rotatable bonds is 5. The summed E-state index contributed by atoms with van der Waals surface area (Å²) in [5, 5.41) is 9.09. The number of amides is 1. The summed E-state index contributed by atoms with van der Waals surface area (Å²) in [6.07, 6.45) is 7.57. The fourth-order valence-corrected chi connectivity index (χ4v) is 4.97. The molecule has 0 saturated heterocycles. The van der Waals surface area contributed by atoms with Gasteiger partial charge in [0.25, 0.3) is 0 Å². The molecule has 130 valence electrons. The smallest absolute Gasteiger partial charge is 0.306 e. The van der Waals surface area contributed by atoms with Crippen LogP contribution in [0.4, 0.5) is 0 Å². The molecule has 5 nitrogen and oxygen atoms in total. The van der Waals surface area contributed by atoms with Gasteiger partial charge in [-0.3, -0.25) is 9.59 Å². The van der Waals surface area contributed by atoms with Crippen molar-refractivity contribution in [3.8, 4) is 0 Å². The molecule has 3 aliphatic carbocycles. The van der Waals surface area contributed by atoms with E-state index in [1.54, 1.807) is 0 Å². The number of hydrogen-bond donors (Lipinski definition) is 1. The average molecular weight is 323 g/mol. The van der Waals surface area contributed by atoms with Crippen molar-refractivity contribution >= 4 is 11.9 Å². The number of aliphatic carboxylic acids is 1. The highest BCUT2D eigenvalue weighted by Gasteiger charge is 2.61. The summed E-state index contributed by atoms with van der Waals surface area (Å²) in [7, 11) is 1.94. The van der Waals surface area contributed by atoms with E-state index in [1.165, 1.54) is 19.3 Å². The van der Waals surface area contributed by atoms with Crippen molar-refractivity contribution in [2.75, 3.05) is 13.7 Å². The van der Waals surface area contributed by atoms with E-state index < -0.39 is 5.97 Å². The van der Waals surface area contributed by atoms with Gasteiger partial charge in [0.2, 0.25) is 5.91 Å². The highest BCUT2D eigenvalue weighted by Crippen LogP contribution is 2.59. The van der Waals surface area contributed by atoms with E-state index in [-0.39, 0.29) is 23.2 Å². The van der Waals surface area contributed by atoms with E-state index in [4.69, 9.17) is 9.84 Å². The lowest BCUT2D eigenvalue weighted by Crippen LogP contribution is -2.68. The summed E-state index contributed by atoms with van der Waals surface area (Å²) in [4.78, 5) is 25.9. The van der Waals surface area contributed by atoms with Gasteiger partial charge in [-0.2, -0.15) is 0 Å². The Hall–Kier alpha value is -1.10. The lowest BCUT2D eigenvalue weighted by molar-refractivity contribution is -0.204. The van der Waals surface area contributed by atoms with Crippen LogP contribution in [-0.4, -0.2) is 47.7 Å². The third kappa shape index (κ3) is 2.77. The lowest BCUT2D eigenvalue weighted by atomic mass is 9.50. The molecule has 0 bridgehead atoms. The predicted molar refractivity (Wildman–Crippen MR) is 86.0 cm³/mol. The number of carboxylic acid groups (broad SMARTS) is 1. The molecule has 0 aromatic carbocycles. The molecule has 0 aromatic rings. The molecule has 3 rings (SSSR count). The molecule has 2 atom stereocenters. The summed E-state index contributed by atoms with van der Waals surface area (Å²) < 4.78 is 5.88. The monoisotopic (exact) mass is 323 g/mol. The maximum absolute atomic E-state index is 12.8. The molecule has 0 aromatic heterocycles. The van der Waals surface area contributed by atoms with Gasteiger partial charge in [0.1, 0.15) is 0 Å². The van der Waals surface area contributed by atoms with Crippen molar-refractivity contribution in [1.29, 1.82) is 0 Å². The van der Waals surface area contributed by atoms with Crippen LogP contribution in [0.25, 0.3) is 0 Å². The molecule has 3 fully saturated rings. The number of carbonyl (C=O) groups excluding carboxylic acids is 1. The molecule has 3 aliphatic rings. The minimum atomic E-state index is -0.712. The second kappa shape index (κ2) is 6.42. The normalized spacial score (nSPS) is 35.2. The Morgan fingerprint density at radius 3 is 2.26 bits per heavy atom. The van der Waals surface area contributed by atoms with E-state index in [2.05, 4.69) is 0 Å². The second-order valence-corrected chi connectivity index (χ2v) is 7.62. The predicted octanol–water partition coefficient (Wildman–Crippen LogP) is 2.68. The van der Waals surface area contributed by atoms with Gasteiger partial charge in [-0.05, 0) is 51.9 Å². The number of nitrogens with zero attached hydrogens (tertiary/aromatic N) is 1. The van der Waals surface area contributed by atoms with Gasteiger partial charge in [-0.15, -0.1) is 0 Å². The fraction of sp³-hybridized carbons (Fsp3) is 0.889.